The average molecular weight is 336 g/mol. The SMILES string of the molecule is CN1CC(C(=O)N(C)C2CCC(F)(F)CC2)c2ccccc2C1=O. The molecule has 1 fully saturated rings. The van der Waals surface area contributed by atoms with Crippen LogP contribution in [-0.2, 0) is 4.79 Å². The van der Waals surface area contributed by atoms with Crippen molar-refractivity contribution < 1.29 is 18.4 Å². The van der Waals surface area contributed by atoms with Gasteiger partial charge in [-0.05, 0) is 24.5 Å². The molecule has 0 bridgehead atoms. The first-order chi connectivity index (χ1) is 11.3. The minimum Gasteiger partial charge on any atom is -0.342 e. The van der Waals surface area contributed by atoms with Crippen LogP contribution in [0, 0.1) is 0 Å². The third-order valence-corrected chi connectivity index (χ3v) is 5.25. The molecule has 4 nitrogen and oxygen atoms in total. The van der Waals surface area contributed by atoms with Crippen LogP contribution < -0.4 is 0 Å². The standard InChI is InChI=1S/C18H22F2N2O2/c1-21-11-15(13-5-3-4-6-14(13)16(21)23)17(24)22(2)12-7-9-18(19,20)10-8-12/h3-6,12,15H,7-11H2,1-2H3. The molecule has 0 saturated heterocycles. The molecule has 1 aromatic carbocycles. The Morgan fingerprint density at radius 3 is 2.54 bits per heavy atom. The number of likely N-dealkylation sites (N-methyl/N-ethyl adjacent to an activating group) is 2. The Labute approximate surface area is 140 Å². The number of fused-ring (bicyclic) bond motifs is 1. The fourth-order valence-corrected chi connectivity index (χ4v) is 3.71. The molecule has 1 aliphatic heterocycles. The fraction of sp³-hybridized carbons (Fsp3) is 0.556. The van der Waals surface area contributed by atoms with Crippen LogP contribution in [0.15, 0.2) is 24.3 Å². The molecule has 0 spiro atoms. The summed E-state index contributed by atoms with van der Waals surface area (Å²) in [6.45, 7) is 0.321. The lowest BCUT2D eigenvalue weighted by molar-refractivity contribution is -0.136. The monoisotopic (exact) mass is 336 g/mol. The van der Waals surface area contributed by atoms with E-state index >= 15 is 0 Å². The molecule has 1 aromatic rings. The molecule has 1 atom stereocenters. The lowest BCUT2D eigenvalue weighted by Gasteiger charge is -2.38. The molecule has 2 aliphatic rings. The fourth-order valence-electron chi connectivity index (χ4n) is 3.71. The minimum atomic E-state index is -2.61. The second kappa shape index (κ2) is 6.15. The third-order valence-electron chi connectivity index (χ3n) is 5.25. The summed E-state index contributed by atoms with van der Waals surface area (Å²) in [5.74, 6) is -3.23. The van der Waals surface area contributed by atoms with Gasteiger partial charge in [-0.15, -0.1) is 0 Å². The lowest BCUT2D eigenvalue weighted by atomic mass is 9.86. The smallest absolute Gasteiger partial charge is 0.253 e. The van der Waals surface area contributed by atoms with E-state index in [9.17, 15) is 18.4 Å². The molecule has 0 radical (unpaired) electrons. The summed E-state index contributed by atoms with van der Waals surface area (Å²) in [6, 6.07) is 6.98. The Kier molecular flexibility index (Phi) is 4.32. The molecule has 24 heavy (non-hydrogen) atoms. The van der Waals surface area contributed by atoms with Crippen molar-refractivity contribution in [2.75, 3.05) is 20.6 Å². The first-order valence-corrected chi connectivity index (χ1v) is 8.29. The van der Waals surface area contributed by atoms with Gasteiger partial charge in [-0.25, -0.2) is 8.78 Å². The molecule has 1 saturated carbocycles. The number of carbonyl (C=O) groups excluding carboxylic acids is 2. The van der Waals surface area contributed by atoms with Crippen LogP contribution in [0.3, 0.4) is 0 Å². The zero-order valence-electron chi connectivity index (χ0n) is 14.0. The van der Waals surface area contributed by atoms with Gasteiger partial charge < -0.3 is 9.80 Å². The number of benzene rings is 1. The summed E-state index contributed by atoms with van der Waals surface area (Å²) in [5.41, 5.74) is 1.28. The number of rotatable bonds is 2. The summed E-state index contributed by atoms with van der Waals surface area (Å²) in [4.78, 5) is 28.4. The maximum Gasteiger partial charge on any atom is 0.253 e. The van der Waals surface area contributed by atoms with Crippen molar-refractivity contribution in [1.82, 2.24) is 9.80 Å². The van der Waals surface area contributed by atoms with Gasteiger partial charge >= 0.3 is 0 Å². The normalized spacial score (nSPS) is 23.8. The van der Waals surface area contributed by atoms with Crippen molar-refractivity contribution in [2.45, 2.75) is 43.6 Å². The topological polar surface area (TPSA) is 40.6 Å². The molecule has 2 amide bonds. The van der Waals surface area contributed by atoms with Crippen molar-refractivity contribution in [3.8, 4) is 0 Å². The van der Waals surface area contributed by atoms with E-state index in [0.717, 1.165) is 5.56 Å². The maximum atomic E-state index is 13.3. The first kappa shape index (κ1) is 16.9. The highest BCUT2D eigenvalue weighted by atomic mass is 19.3. The van der Waals surface area contributed by atoms with E-state index in [-0.39, 0.29) is 30.7 Å². The number of hydrogen-bond donors (Lipinski definition) is 0. The Bertz CT molecular complexity index is 652. The van der Waals surface area contributed by atoms with E-state index in [1.165, 1.54) is 0 Å². The summed E-state index contributed by atoms with van der Waals surface area (Å²) in [5, 5.41) is 0. The largest absolute Gasteiger partial charge is 0.342 e. The van der Waals surface area contributed by atoms with Crippen LogP contribution >= 0.6 is 0 Å². The lowest BCUT2D eigenvalue weighted by Crippen LogP contribution is -2.48. The summed E-state index contributed by atoms with van der Waals surface area (Å²) < 4.78 is 26.7. The first-order valence-electron chi connectivity index (χ1n) is 8.29. The van der Waals surface area contributed by atoms with Crippen molar-refractivity contribution in [2.24, 2.45) is 0 Å². The van der Waals surface area contributed by atoms with Crippen LogP contribution in [0.25, 0.3) is 0 Å². The molecule has 1 aliphatic carbocycles. The number of halogens is 2. The van der Waals surface area contributed by atoms with Crippen molar-refractivity contribution >= 4 is 11.8 Å². The molecule has 0 N–H and O–H groups in total. The van der Waals surface area contributed by atoms with E-state index < -0.39 is 11.8 Å². The molecule has 6 heteroatoms. The van der Waals surface area contributed by atoms with Crippen LogP contribution in [0.5, 0.6) is 0 Å². The predicted octanol–water partition coefficient (Wildman–Crippen LogP) is 2.89. The Balaban J connectivity index is 1.80. The highest BCUT2D eigenvalue weighted by molar-refractivity contribution is 6.00. The van der Waals surface area contributed by atoms with E-state index in [4.69, 9.17) is 0 Å². The zero-order valence-corrected chi connectivity index (χ0v) is 14.0. The highest BCUT2D eigenvalue weighted by Gasteiger charge is 2.40. The quantitative estimate of drug-likeness (QED) is 0.833. The van der Waals surface area contributed by atoms with Crippen LogP contribution in [0.4, 0.5) is 8.78 Å². The zero-order chi connectivity index (χ0) is 17.5. The van der Waals surface area contributed by atoms with Gasteiger partial charge in [0.2, 0.25) is 11.8 Å². The summed E-state index contributed by atoms with van der Waals surface area (Å²) >= 11 is 0. The highest BCUT2D eigenvalue weighted by Crippen LogP contribution is 2.36. The van der Waals surface area contributed by atoms with Gasteiger partial charge in [-0.3, -0.25) is 9.59 Å². The van der Waals surface area contributed by atoms with E-state index in [2.05, 4.69) is 0 Å². The number of amides is 2. The van der Waals surface area contributed by atoms with Crippen molar-refractivity contribution in [3.63, 3.8) is 0 Å². The molecule has 0 aromatic heterocycles. The number of nitrogens with zero attached hydrogens (tertiary/aromatic N) is 2. The Hall–Kier alpha value is -1.98. The van der Waals surface area contributed by atoms with Gasteiger partial charge in [0.1, 0.15) is 0 Å². The van der Waals surface area contributed by atoms with E-state index in [0.29, 0.717) is 24.9 Å². The summed E-state index contributed by atoms with van der Waals surface area (Å²) in [7, 11) is 3.37. The second-order valence-corrected chi connectivity index (χ2v) is 6.86. The molecular weight excluding hydrogens is 314 g/mol. The molecular formula is C18H22F2N2O2. The number of carbonyl (C=O) groups is 2. The van der Waals surface area contributed by atoms with Gasteiger partial charge in [0.25, 0.3) is 5.91 Å². The molecule has 1 heterocycles. The second-order valence-electron chi connectivity index (χ2n) is 6.86. The van der Waals surface area contributed by atoms with Gasteiger partial charge in [-0.2, -0.15) is 0 Å². The molecule has 130 valence electrons. The van der Waals surface area contributed by atoms with E-state index in [1.54, 1.807) is 36.0 Å². The van der Waals surface area contributed by atoms with Crippen LogP contribution in [0.1, 0.15) is 47.5 Å². The number of alkyl halides is 2. The maximum absolute atomic E-state index is 13.3. The van der Waals surface area contributed by atoms with Crippen LogP contribution in [-0.4, -0.2) is 54.2 Å². The van der Waals surface area contributed by atoms with E-state index in [1.807, 2.05) is 12.1 Å². The Morgan fingerprint density at radius 1 is 1.25 bits per heavy atom. The van der Waals surface area contributed by atoms with Gasteiger partial charge in [0.05, 0.1) is 5.92 Å². The molecule has 1 unspecified atom stereocenters. The van der Waals surface area contributed by atoms with Gasteiger partial charge in [0.15, 0.2) is 0 Å². The minimum absolute atomic E-state index is 0.0883. The van der Waals surface area contributed by atoms with Crippen LogP contribution in [0.2, 0.25) is 0 Å². The summed E-state index contributed by atoms with van der Waals surface area (Å²) in [6.07, 6.45) is 0.292. The Morgan fingerprint density at radius 2 is 1.88 bits per heavy atom. The predicted molar refractivity (Wildman–Crippen MR) is 86.1 cm³/mol. The average Bonchev–Trinajstić information content (AvgIpc) is 2.57. The van der Waals surface area contributed by atoms with Gasteiger partial charge in [-0.1, -0.05) is 18.2 Å². The third kappa shape index (κ3) is 3.01. The number of hydrogen-bond acceptors (Lipinski definition) is 2. The molecule has 3 rings (SSSR count). The van der Waals surface area contributed by atoms with Gasteiger partial charge in [0, 0.05) is 45.1 Å². The van der Waals surface area contributed by atoms with Crippen molar-refractivity contribution in [1.29, 1.82) is 0 Å². The van der Waals surface area contributed by atoms with Crippen molar-refractivity contribution in [3.05, 3.63) is 35.4 Å².